The predicted octanol–water partition coefficient (Wildman–Crippen LogP) is 2.85. The molecule has 0 aliphatic heterocycles. The fourth-order valence-corrected chi connectivity index (χ4v) is 0.861. The standard InChI is InChI=1S/C6H8N.C5H5.Fe/c1-7-6-4-2-3-5-6;1-2-4-5-3-1;/h2-5,7H,1H3;1-5H;/q2*-1;+2. The first kappa shape index (κ1) is 12.0. The van der Waals surface area contributed by atoms with E-state index >= 15 is 0 Å². The van der Waals surface area contributed by atoms with Crippen LogP contribution in [0.2, 0.25) is 0 Å². The molecule has 0 spiro atoms. The molecule has 0 heterocycles. The first-order valence-electron chi connectivity index (χ1n) is 3.99. The van der Waals surface area contributed by atoms with Crippen molar-refractivity contribution in [3.63, 3.8) is 0 Å². The molecule has 0 unspecified atom stereocenters. The molecule has 0 atom stereocenters. The molecule has 0 saturated heterocycles. The SMILES string of the molecule is CNc1ccc[cH-]1.[Fe+2].c1cc[cH-]c1. The summed E-state index contributed by atoms with van der Waals surface area (Å²) in [6, 6.07) is 18.1. The summed E-state index contributed by atoms with van der Waals surface area (Å²) in [7, 11) is 1.91. The number of rotatable bonds is 1. The molecule has 0 bridgehead atoms. The van der Waals surface area contributed by atoms with Gasteiger partial charge in [0.05, 0.1) is 0 Å². The van der Waals surface area contributed by atoms with Crippen LogP contribution in [0.1, 0.15) is 0 Å². The Bertz CT molecular complexity index is 241. The molecule has 0 aliphatic carbocycles. The Kier molecular flexibility index (Phi) is 7.08. The molecule has 2 aromatic carbocycles. The van der Waals surface area contributed by atoms with E-state index < -0.39 is 0 Å². The molecule has 1 N–H and O–H groups in total. The van der Waals surface area contributed by atoms with E-state index in [-0.39, 0.29) is 17.1 Å². The monoisotopic (exact) mass is 215 g/mol. The molecule has 0 aliphatic rings. The quantitative estimate of drug-likeness (QED) is 0.569. The van der Waals surface area contributed by atoms with Gasteiger partial charge in [-0.05, 0) is 0 Å². The molecule has 0 radical (unpaired) electrons. The summed E-state index contributed by atoms with van der Waals surface area (Å²) in [5, 5.41) is 3.01. The normalized spacial score (nSPS) is 7.77. The van der Waals surface area contributed by atoms with Gasteiger partial charge in [0.2, 0.25) is 0 Å². The van der Waals surface area contributed by atoms with Crippen LogP contribution in [0.5, 0.6) is 0 Å². The molecule has 13 heavy (non-hydrogen) atoms. The second-order valence-electron chi connectivity index (χ2n) is 2.39. The molecule has 70 valence electrons. The Morgan fingerprint density at radius 2 is 1.77 bits per heavy atom. The summed E-state index contributed by atoms with van der Waals surface area (Å²) >= 11 is 0. The Hall–Kier alpha value is -0.981. The molecule has 2 aromatic rings. The molecule has 1 nitrogen and oxygen atoms in total. The van der Waals surface area contributed by atoms with Gasteiger partial charge in [0.15, 0.2) is 0 Å². The van der Waals surface area contributed by atoms with Crippen molar-refractivity contribution in [1.29, 1.82) is 0 Å². The number of hydrogen-bond donors (Lipinski definition) is 1. The molecular weight excluding hydrogens is 202 g/mol. The van der Waals surface area contributed by atoms with Crippen LogP contribution in [-0.2, 0) is 17.1 Å². The van der Waals surface area contributed by atoms with Crippen LogP contribution in [0, 0.1) is 0 Å². The second-order valence-corrected chi connectivity index (χ2v) is 2.39. The van der Waals surface area contributed by atoms with Gasteiger partial charge in [-0.25, -0.2) is 18.2 Å². The van der Waals surface area contributed by atoms with Crippen molar-refractivity contribution in [1.82, 2.24) is 0 Å². The molecule has 2 heteroatoms. The minimum absolute atomic E-state index is 0. The van der Waals surface area contributed by atoms with Gasteiger partial charge in [0, 0.05) is 7.05 Å². The third-order valence-electron chi connectivity index (χ3n) is 1.51. The van der Waals surface area contributed by atoms with Crippen LogP contribution in [0.25, 0.3) is 0 Å². The average molecular weight is 215 g/mol. The van der Waals surface area contributed by atoms with Crippen LogP contribution in [-0.4, -0.2) is 7.05 Å². The Labute approximate surface area is 90.0 Å². The zero-order valence-corrected chi connectivity index (χ0v) is 8.65. The largest absolute Gasteiger partial charge is 2.00 e. The zero-order chi connectivity index (χ0) is 8.65. The summed E-state index contributed by atoms with van der Waals surface area (Å²) in [4.78, 5) is 0. The van der Waals surface area contributed by atoms with E-state index in [1.54, 1.807) is 0 Å². The van der Waals surface area contributed by atoms with Crippen LogP contribution < -0.4 is 5.32 Å². The van der Waals surface area contributed by atoms with Gasteiger partial charge in [0.25, 0.3) is 0 Å². The van der Waals surface area contributed by atoms with Crippen molar-refractivity contribution >= 4 is 5.69 Å². The van der Waals surface area contributed by atoms with Gasteiger partial charge in [-0.3, -0.25) is 0 Å². The van der Waals surface area contributed by atoms with E-state index in [0.29, 0.717) is 0 Å². The molecule has 2 rings (SSSR count). The number of nitrogens with one attached hydrogen (secondary N) is 1. The van der Waals surface area contributed by atoms with E-state index in [4.69, 9.17) is 0 Å². The Morgan fingerprint density at radius 3 is 2.00 bits per heavy atom. The van der Waals surface area contributed by atoms with Crippen LogP contribution in [0.3, 0.4) is 0 Å². The summed E-state index contributed by atoms with van der Waals surface area (Å²) in [5.41, 5.74) is 1.18. The van der Waals surface area contributed by atoms with Gasteiger partial charge in [-0.1, -0.05) is 5.69 Å². The van der Waals surface area contributed by atoms with Crippen LogP contribution in [0.4, 0.5) is 5.69 Å². The summed E-state index contributed by atoms with van der Waals surface area (Å²) in [6.45, 7) is 0. The molecule has 0 aromatic heterocycles. The van der Waals surface area contributed by atoms with Gasteiger partial charge in [-0.2, -0.15) is 30.3 Å². The van der Waals surface area contributed by atoms with E-state index in [1.807, 2.05) is 61.6 Å². The number of hydrogen-bond acceptors (Lipinski definition) is 1. The minimum Gasteiger partial charge on any atom is -0.410 e. The first-order valence-corrected chi connectivity index (χ1v) is 3.99. The Balaban J connectivity index is 0.000000215. The van der Waals surface area contributed by atoms with Crippen molar-refractivity contribution in [2.24, 2.45) is 0 Å². The van der Waals surface area contributed by atoms with Gasteiger partial charge < -0.3 is 5.32 Å². The second kappa shape index (κ2) is 7.66. The first-order chi connectivity index (χ1) is 5.93. The summed E-state index contributed by atoms with van der Waals surface area (Å²) < 4.78 is 0. The molecule has 0 fully saturated rings. The average Bonchev–Trinajstić information content (AvgIpc) is 2.81. The van der Waals surface area contributed by atoms with Crippen molar-refractivity contribution < 1.29 is 17.1 Å². The van der Waals surface area contributed by atoms with E-state index in [2.05, 4.69) is 5.32 Å². The number of anilines is 1. The molecule has 0 amide bonds. The summed E-state index contributed by atoms with van der Waals surface area (Å²) in [5.74, 6) is 0. The fraction of sp³-hybridized carbons (Fsp3) is 0.0909. The van der Waals surface area contributed by atoms with Crippen molar-refractivity contribution in [2.75, 3.05) is 12.4 Å². The van der Waals surface area contributed by atoms with Gasteiger partial charge in [0.1, 0.15) is 0 Å². The van der Waals surface area contributed by atoms with E-state index in [1.165, 1.54) is 5.69 Å². The third-order valence-corrected chi connectivity index (χ3v) is 1.51. The van der Waals surface area contributed by atoms with E-state index in [9.17, 15) is 0 Å². The minimum atomic E-state index is 0. The smallest absolute Gasteiger partial charge is 0.410 e. The topological polar surface area (TPSA) is 12.0 Å². The maximum absolute atomic E-state index is 3.01. The van der Waals surface area contributed by atoms with E-state index in [0.717, 1.165) is 0 Å². The predicted molar refractivity (Wildman–Crippen MR) is 53.6 cm³/mol. The van der Waals surface area contributed by atoms with Crippen molar-refractivity contribution in [2.45, 2.75) is 0 Å². The Morgan fingerprint density at radius 1 is 1.08 bits per heavy atom. The van der Waals surface area contributed by atoms with Crippen LogP contribution >= 0.6 is 0 Å². The van der Waals surface area contributed by atoms with Crippen LogP contribution in [0.15, 0.2) is 54.6 Å². The fourth-order valence-electron chi connectivity index (χ4n) is 0.861. The van der Waals surface area contributed by atoms with Gasteiger partial charge in [-0.15, -0.1) is 6.07 Å². The third kappa shape index (κ3) is 5.29. The summed E-state index contributed by atoms with van der Waals surface area (Å²) in [6.07, 6.45) is 0. The zero-order valence-electron chi connectivity index (χ0n) is 7.55. The maximum Gasteiger partial charge on any atom is 2.00 e. The maximum atomic E-state index is 3.01. The van der Waals surface area contributed by atoms with Crippen molar-refractivity contribution in [3.05, 3.63) is 54.6 Å². The van der Waals surface area contributed by atoms with Crippen molar-refractivity contribution in [3.8, 4) is 0 Å². The molecule has 0 saturated carbocycles. The van der Waals surface area contributed by atoms with Gasteiger partial charge >= 0.3 is 17.1 Å². The molecular formula is C11H13FeN.